The van der Waals surface area contributed by atoms with E-state index in [1.807, 2.05) is 6.92 Å². The van der Waals surface area contributed by atoms with Crippen LogP contribution in [0.25, 0.3) is 0 Å². The number of hydrogen-bond donors (Lipinski definition) is 1. The maximum absolute atomic E-state index is 10.7. The van der Waals surface area contributed by atoms with Crippen LogP contribution in [0.1, 0.15) is 19.8 Å². The van der Waals surface area contributed by atoms with Crippen LogP contribution in [0.2, 0.25) is 0 Å². The van der Waals surface area contributed by atoms with E-state index in [0.29, 0.717) is 13.0 Å². The van der Waals surface area contributed by atoms with Crippen molar-refractivity contribution >= 4 is 5.97 Å². The molecule has 0 aromatic heterocycles. The molecule has 2 atom stereocenters. The fraction of sp³-hybridized carbons (Fsp3) is 0.667. The van der Waals surface area contributed by atoms with Gasteiger partial charge in [0.15, 0.2) is 0 Å². The summed E-state index contributed by atoms with van der Waals surface area (Å²) in [5, 5.41) is 8.84. The highest BCUT2D eigenvalue weighted by Crippen LogP contribution is 2.25. The number of carbonyl (C=O) groups is 1. The van der Waals surface area contributed by atoms with Crippen LogP contribution in [-0.2, 0) is 9.53 Å². The molecule has 0 aliphatic carbocycles. The Bertz CT molecular complexity index is 176. The van der Waals surface area contributed by atoms with E-state index < -0.39 is 11.9 Å². The van der Waals surface area contributed by atoms with Crippen LogP contribution < -0.4 is 0 Å². The SMILES string of the molecule is C=C(C)[C@H]1OCCC[C@H]1C(=O)O. The fourth-order valence-corrected chi connectivity index (χ4v) is 1.52. The Morgan fingerprint density at radius 1 is 1.67 bits per heavy atom. The quantitative estimate of drug-likeness (QED) is 0.638. The van der Waals surface area contributed by atoms with Gasteiger partial charge in [0.1, 0.15) is 0 Å². The van der Waals surface area contributed by atoms with E-state index in [-0.39, 0.29) is 6.10 Å². The van der Waals surface area contributed by atoms with E-state index in [1.54, 1.807) is 0 Å². The van der Waals surface area contributed by atoms with Gasteiger partial charge in [-0.1, -0.05) is 12.2 Å². The van der Waals surface area contributed by atoms with Crippen LogP contribution in [0.4, 0.5) is 0 Å². The second-order valence-corrected chi connectivity index (χ2v) is 3.22. The molecule has 0 saturated carbocycles. The Morgan fingerprint density at radius 3 is 2.75 bits per heavy atom. The molecule has 0 bridgehead atoms. The van der Waals surface area contributed by atoms with Gasteiger partial charge < -0.3 is 9.84 Å². The van der Waals surface area contributed by atoms with Crippen molar-refractivity contribution in [3.05, 3.63) is 12.2 Å². The third-order valence-electron chi connectivity index (χ3n) is 2.13. The first-order chi connectivity index (χ1) is 5.63. The smallest absolute Gasteiger partial charge is 0.309 e. The maximum atomic E-state index is 10.7. The van der Waals surface area contributed by atoms with E-state index in [9.17, 15) is 4.79 Å². The lowest BCUT2D eigenvalue weighted by Crippen LogP contribution is -2.35. The van der Waals surface area contributed by atoms with Crippen LogP contribution in [0.5, 0.6) is 0 Å². The standard InChI is InChI=1S/C9H14O3/c1-6(2)8-7(9(10)11)4-3-5-12-8/h7-8H,1,3-5H2,2H3,(H,10,11)/t7-,8-/m1/s1. The topological polar surface area (TPSA) is 46.5 Å². The molecule has 1 heterocycles. The molecule has 1 aliphatic rings. The zero-order chi connectivity index (χ0) is 9.14. The van der Waals surface area contributed by atoms with E-state index >= 15 is 0 Å². The fourth-order valence-electron chi connectivity index (χ4n) is 1.52. The van der Waals surface area contributed by atoms with Crippen molar-refractivity contribution in [2.24, 2.45) is 5.92 Å². The van der Waals surface area contributed by atoms with Gasteiger partial charge in [0.05, 0.1) is 12.0 Å². The van der Waals surface area contributed by atoms with Gasteiger partial charge in [-0.2, -0.15) is 0 Å². The van der Waals surface area contributed by atoms with Crippen LogP contribution in [0.15, 0.2) is 12.2 Å². The Kier molecular flexibility index (Phi) is 2.87. The summed E-state index contributed by atoms with van der Waals surface area (Å²) in [6, 6.07) is 0. The minimum Gasteiger partial charge on any atom is -0.481 e. The largest absolute Gasteiger partial charge is 0.481 e. The molecule has 0 radical (unpaired) electrons. The molecule has 1 saturated heterocycles. The summed E-state index contributed by atoms with van der Waals surface area (Å²) in [5.41, 5.74) is 0.808. The summed E-state index contributed by atoms with van der Waals surface area (Å²) in [4.78, 5) is 10.7. The number of ether oxygens (including phenoxy) is 1. The second kappa shape index (κ2) is 3.72. The monoisotopic (exact) mass is 170 g/mol. The van der Waals surface area contributed by atoms with Crippen LogP contribution in [0.3, 0.4) is 0 Å². The van der Waals surface area contributed by atoms with E-state index in [4.69, 9.17) is 9.84 Å². The summed E-state index contributed by atoms with van der Waals surface area (Å²) in [5.74, 6) is -1.17. The minimum absolute atomic E-state index is 0.281. The van der Waals surface area contributed by atoms with Crippen LogP contribution in [-0.4, -0.2) is 23.8 Å². The number of hydrogen-bond acceptors (Lipinski definition) is 2. The van der Waals surface area contributed by atoms with Gasteiger partial charge >= 0.3 is 5.97 Å². The Morgan fingerprint density at radius 2 is 2.33 bits per heavy atom. The molecule has 1 aliphatic heterocycles. The molecule has 0 amide bonds. The number of rotatable bonds is 2. The van der Waals surface area contributed by atoms with Crippen molar-refractivity contribution < 1.29 is 14.6 Å². The number of carboxylic acid groups (broad SMARTS) is 1. The van der Waals surface area contributed by atoms with Crippen molar-refractivity contribution in [1.82, 2.24) is 0 Å². The zero-order valence-corrected chi connectivity index (χ0v) is 7.25. The Labute approximate surface area is 72.0 Å². The molecule has 12 heavy (non-hydrogen) atoms. The number of aliphatic carboxylic acids is 1. The van der Waals surface area contributed by atoms with E-state index in [0.717, 1.165) is 12.0 Å². The Balaban J connectivity index is 2.67. The van der Waals surface area contributed by atoms with Gasteiger partial charge in [-0.3, -0.25) is 4.79 Å². The third-order valence-corrected chi connectivity index (χ3v) is 2.13. The van der Waals surface area contributed by atoms with Gasteiger partial charge in [0.25, 0.3) is 0 Å². The molecular formula is C9H14O3. The van der Waals surface area contributed by atoms with Gasteiger partial charge in [-0.25, -0.2) is 0 Å². The zero-order valence-electron chi connectivity index (χ0n) is 7.25. The summed E-state index contributed by atoms with van der Waals surface area (Å²) in [7, 11) is 0. The molecule has 3 nitrogen and oxygen atoms in total. The normalized spacial score (nSPS) is 29.8. The lowest BCUT2D eigenvalue weighted by Gasteiger charge is -2.29. The molecule has 0 unspecified atom stereocenters. The van der Waals surface area contributed by atoms with Gasteiger partial charge in [-0.15, -0.1) is 0 Å². The molecule has 1 N–H and O–H groups in total. The predicted octanol–water partition coefficient (Wildman–Crippen LogP) is 1.44. The molecule has 1 fully saturated rings. The van der Waals surface area contributed by atoms with Gasteiger partial charge in [0.2, 0.25) is 0 Å². The highest BCUT2D eigenvalue weighted by atomic mass is 16.5. The molecule has 3 heteroatoms. The Hall–Kier alpha value is -0.830. The van der Waals surface area contributed by atoms with Crippen molar-refractivity contribution in [2.45, 2.75) is 25.9 Å². The van der Waals surface area contributed by atoms with Gasteiger partial charge in [-0.05, 0) is 19.8 Å². The summed E-state index contributed by atoms with van der Waals surface area (Å²) >= 11 is 0. The first-order valence-corrected chi connectivity index (χ1v) is 4.12. The van der Waals surface area contributed by atoms with Crippen molar-refractivity contribution in [2.75, 3.05) is 6.61 Å². The second-order valence-electron chi connectivity index (χ2n) is 3.22. The first-order valence-electron chi connectivity index (χ1n) is 4.12. The number of carboxylic acids is 1. The van der Waals surface area contributed by atoms with Crippen LogP contribution in [0, 0.1) is 5.92 Å². The highest BCUT2D eigenvalue weighted by Gasteiger charge is 2.31. The first kappa shape index (κ1) is 9.26. The average molecular weight is 170 g/mol. The summed E-state index contributed by atoms with van der Waals surface area (Å²) < 4.78 is 5.33. The lowest BCUT2D eigenvalue weighted by molar-refractivity contribution is -0.149. The molecular weight excluding hydrogens is 156 g/mol. The van der Waals surface area contributed by atoms with Gasteiger partial charge in [0, 0.05) is 6.61 Å². The van der Waals surface area contributed by atoms with E-state index in [1.165, 1.54) is 0 Å². The van der Waals surface area contributed by atoms with Crippen molar-refractivity contribution in [3.8, 4) is 0 Å². The maximum Gasteiger partial charge on any atom is 0.309 e. The van der Waals surface area contributed by atoms with Crippen molar-refractivity contribution in [1.29, 1.82) is 0 Å². The minimum atomic E-state index is -0.775. The molecule has 68 valence electrons. The third kappa shape index (κ3) is 1.85. The molecule has 0 aromatic carbocycles. The lowest BCUT2D eigenvalue weighted by atomic mass is 9.91. The van der Waals surface area contributed by atoms with E-state index in [2.05, 4.69) is 6.58 Å². The molecule has 0 aromatic rings. The van der Waals surface area contributed by atoms with Crippen molar-refractivity contribution in [3.63, 3.8) is 0 Å². The average Bonchev–Trinajstić information content (AvgIpc) is 2.04. The summed E-state index contributed by atoms with van der Waals surface area (Å²) in [6.45, 7) is 6.19. The molecule has 0 spiro atoms. The molecule has 1 rings (SSSR count). The summed E-state index contributed by atoms with van der Waals surface area (Å²) in [6.07, 6.45) is 1.25. The predicted molar refractivity (Wildman–Crippen MR) is 44.9 cm³/mol. The highest BCUT2D eigenvalue weighted by molar-refractivity contribution is 5.71. The van der Waals surface area contributed by atoms with Crippen LogP contribution >= 0.6 is 0 Å².